The van der Waals surface area contributed by atoms with Gasteiger partial charge in [-0.25, -0.2) is 0 Å². The molecular formula is C18H21NO. The second-order valence-electron chi connectivity index (χ2n) is 4.93. The maximum Gasteiger partial charge on any atom is 0.0743 e. The van der Waals surface area contributed by atoms with Crippen molar-refractivity contribution in [3.05, 3.63) is 77.9 Å². The predicted octanol–water partition coefficient (Wildman–Crippen LogP) is 3.37. The van der Waals surface area contributed by atoms with Crippen LogP contribution in [0.2, 0.25) is 0 Å². The molecule has 2 aromatic rings. The Bertz CT molecular complexity index is 534. The van der Waals surface area contributed by atoms with Crippen LogP contribution in [0.4, 0.5) is 0 Å². The molecule has 0 amide bonds. The highest BCUT2D eigenvalue weighted by Crippen LogP contribution is 2.12. The van der Waals surface area contributed by atoms with Crippen LogP contribution in [0, 0.1) is 0 Å². The molecule has 0 heterocycles. The first-order chi connectivity index (χ1) is 9.75. The third-order valence-corrected chi connectivity index (χ3v) is 3.29. The van der Waals surface area contributed by atoms with E-state index >= 15 is 0 Å². The minimum atomic E-state index is -0.487. The molecule has 0 bridgehead atoms. The van der Waals surface area contributed by atoms with Gasteiger partial charge in [0.05, 0.1) is 6.10 Å². The molecule has 2 heteroatoms. The zero-order chi connectivity index (χ0) is 14.2. The van der Waals surface area contributed by atoms with Gasteiger partial charge in [0.1, 0.15) is 0 Å². The molecule has 20 heavy (non-hydrogen) atoms. The lowest BCUT2D eigenvalue weighted by atomic mass is 10.0. The molecule has 2 aromatic carbocycles. The largest absolute Gasteiger partial charge is 0.398 e. The van der Waals surface area contributed by atoms with Gasteiger partial charge in [0, 0.05) is 5.70 Å². The Morgan fingerprint density at radius 3 is 2.25 bits per heavy atom. The smallest absolute Gasteiger partial charge is 0.0743 e. The maximum atomic E-state index is 10.0. The van der Waals surface area contributed by atoms with Crippen LogP contribution in [-0.4, -0.2) is 11.2 Å². The van der Waals surface area contributed by atoms with Gasteiger partial charge in [0.2, 0.25) is 0 Å². The monoisotopic (exact) mass is 267 g/mol. The molecular weight excluding hydrogens is 246 g/mol. The standard InChI is InChI=1S/C18H21NO/c19-18(16-11-5-2-6-12-16)14-17(20)13-7-10-15-8-3-1-4-9-15/h1-6,8-9,11-12,14,17,20H,7,10,13,19H2/t17-/m0/s1. The lowest BCUT2D eigenvalue weighted by Gasteiger charge is -2.08. The Morgan fingerprint density at radius 1 is 1.00 bits per heavy atom. The first-order valence-corrected chi connectivity index (χ1v) is 7.00. The lowest BCUT2D eigenvalue weighted by Crippen LogP contribution is -2.07. The Labute approximate surface area is 120 Å². The van der Waals surface area contributed by atoms with Gasteiger partial charge < -0.3 is 10.8 Å². The van der Waals surface area contributed by atoms with Crippen molar-refractivity contribution in [2.45, 2.75) is 25.4 Å². The van der Waals surface area contributed by atoms with E-state index in [0.29, 0.717) is 5.70 Å². The van der Waals surface area contributed by atoms with Gasteiger partial charge in [0.15, 0.2) is 0 Å². The summed E-state index contributed by atoms with van der Waals surface area (Å²) in [5.74, 6) is 0. The van der Waals surface area contributed by atoms with Crippen LogP contribution in [-0.2, 0) is 6.42 Å². The van der Waals surface area contributed by atoms with Crippen molar-refractivity contribution in [2.75, 3.05) is 0 Å². The van der Waals surface area contributed by atoms with Gasteiger partial charge in [0.25, 0.3) is 0 Å². The van der Waals surface area contributed by atoms with Crippen molar-refractivity contribution < 1.29 is 5.11 Å². The van der Waals surface area contributed by atoms with Crippen molar-refractivity contribution in [2.24, 2.45) is 5.73 Å². The van der Waals surface area contributed by atoms with Crippen LogP contribution < -0.4 is 5.73 Å². The number of aryl methyl sites for hydroxylation is 1. The van der Waals surface area contributed by atoms with E-state index in [1.54, 1.807) is 6.08 Å². The molecule has 0 aromatic heterocycles. The molecule has 2 rings (SSSR count). The topological polar surface area (TPSA) is 46.2 Å². The quantitative estimate of drug-likeness (QED) is 0.843. The molecule has 2 nitrogen and oxygen atoms in total. The van der Waals surface area contributed by atoms with Gasteiger partial charge in [-0.1, -0.05) is 60.7 Å². The summed E-state index contributed by atoms with van der Waals surface area (Å²) in [5, 5.41) is 10.0. The number of hydrogen-bond donors (Lipinski definition) is 2. The summed E-state index contributed by atoms with van der Waals surface area (Å²) < 4.78 is 0. The molecule has 0 saturated carbocycles. The third-order valence-electron chi connectivity index (χ3n) is 3.29. The molecule has 0 radical (unpaired) electrons. The molecule has 3 N–H and O–H groups in total. The fourth-order valence-corrected chi connectivity index (χ4v) is 2.18. The predicted molar refractivity (Wildman–Crippen MR) is 84.0 cm³/mol. The van der Waals surface area contributed by atoms with E-state index in [1.165, 1.54) is 5.56 Å². The van der Waals surface area contributed by atoms with Crippen LogP contribution in [0.3, 0.4) is 0 Å². The van der Waals surface area contributed by atoms with Gasteiger partial charge in [-0.15, -0.1) is 0 Å². The normalized spacial score (nSPS) is 13.2. The van der Waals surface area contributed by atoms with E-state index in [2.05, 4.69) is 12.1 Å². The average Bonchev–Trinajstić information content (AvgIpc) is 2.49. The maximum absolute atomic E-state index is 10.0. The van der Waals surface area contributed by atoms with Crippen LogP contribution in [0.25, 0.3) is 5.70 Å². The zero-order valence-electron chi connectivity index (χ0n) is 11.6. The summed E-state index contributed by atoms with van der Waals surface area (Å²) in [4.78, 5) is 0. The first-order valence-electron chi connectivity index (χ1n) is 7.00. The van der Waals surface area contributed by atoms with Crippen molar-refractivity contribution >= 4 is 5.70 Å². The van der Waals surface area contributed by atoms with Crippen LogP contribution in [0.15, 0.2) is 66.7 Å². The highest BCUT2D eigenvalue weighted by Gasteiger charge is 2.03. The average molecular weight is 267 g/mol. The zero-order valence-corrected chi connectivity index (χ0v) is 11.6. The van der Waals surface area contributed by atoms with E-state index < -0.39 is 6.10 Å². The number of nitrogens with two attached hydrogens (primary N) is 1. The number of hydrogen-bond acceptors (Lipinski definition) is 2. The summed E-state index contributed by atoms with van der Waals surface area (Å²) >= 11 is 0. The highest BCUT2D eigenvalue weighted by molar-refractivity contribution is 5.62. The minimum Gasteiger partial charge on any atom is -0.398 e. The Kier molecular flexibility index (Phi) is 5.39. The lowest BCUT2D eigenvalue weighted by molar-refractivity contribution is 0.210. The molecule has 0 aliphatic rings. The number of aliphatic hydroxyl groups excluding tert-OH is 1. The molecule has 0 unspecified atom stereocenters. The SMILES string of the molecule is NC(=C[C@@H](O)CCCc1ccccc1)c1ccccc1. The Morgan fingerprint density at radius 2 is 1.60 bits per heavy atom. The molecule has 104 valence electrons. The number of benzene rings is 2. The summed E-state index contributed by atoms with van der Waals surface area (Å²) in [6.07, 6.45) is 3.91. The first kappa shape index (κ1) is 14.4. The summed E-state index contributed by atoms with van der Waals surface area (Å²) in [6, 6.07) is 20.1. The van der Waals surface area contributed by atoms with Crippen LogP contribution in [0.5, 0.6) is 0 Å². The van der Waals surface area contributed by atoms with Crippen molar-refractivity contribution in [1.82, 2.24) is 0 Å². The molecule has 0 aliphatic carbocycles. The van der Waals surface area contributed by atoms with Crippen molar-refractivity contribution in [3.63, 3.8) is 0 Å². The fraction of sp³-hybridized carbons (Fsp3) is 0.222. The Balaban J connectivity index is 1.82. The molecule has 0 spiro atoms. The number of rotatable bonds is 6. The Hall–Kier alpha value is -2.06. The summed E-state index contributed by atoms with van der Waals surface area (Å²) in [6.45, 7) is 0. The fourth-order valence-electron chi connectivity index (χ4n) is 2.18. The second kappa shape index (κ2) is 7.51. The summed E-state index contributed by atoms with van der Waals surface area (Å²) in [5.41, 5.74) is 8.88. The van der Waals surface area contributed by atoms with E-state index in [9.17, 15) is 5.11 Å². The van der Waals surface area contributed by atoms with Gasteiger partial charge in [-0.2, -0.15) is 0 Å². The molecule has 0 fully saturated rings. The van der Waals surface area contributed by atoms with Crippen LogP contribution in [0.1, 0.15) is 24.0 Å². The molecule has 1 atom stereocenters. The molecule has 0 saturated heterocycles. The van der Waals surface area contributed by atoms with Crippen molar-refractivity contribution in [1.29, 1.82) is 0 Å². The van der Waals surface area contributed by atoms with Crippen LogP contribution >= 0.6 is 0 Å². The van der Waals surface area contributed by atoms with Gasteiger partial charge in [-0.05, 0) is 36.5 Å². The third kappa shape index (κ3) is 4.56. The van der Waals surface area contributed by atoms with Gasteiger partial charge >= 0.3 is 0 Å². The van der Waals surface area contributed by atoms with E-state index in [-0.39, 0.29) is 0 Å². The highest BCUT2D eigenvalue weighted by atomic mass is 16.3. The van der Waals surface area contributed by atoms with E-state index in [0.717, 1.165) is 24.8 Å². The summed E-state index contributed by atoms with van der Waals surface area (Å²) in [7, 11) is 0. The van der Waals surface area contributed by atoms with E-state index in [4.69, 9.17) is 5.73 Å². The van der Waals surface area contributed by atoms with Gasteiger partial charge in [-0.3, -0.25) is 0 Å². The molecule has 0 aliphatic heterocycles. The number of aliphatic hydroxyl groups is 1. The second-order valence-corrected chi connectivity index (χ2v) is 4.93. The minimum absolute atomic E-state index is 0.487. The van der Waals surface area contributed by atoms with E-state index in [1.807, 2.05) is 48.5 Å². The van der Waals surface area contributed by atoms with Crippen molar-refractivity contribution in [3.8, 4) is 0 Å².